The summed E-state index contributed by atoms with van der Waals surface area (Å²) in [6.45, 7) is 2.04. The summed E-state index contributed by atoms with van der Waals surface area (Å²) in [4.78, 5) is 23.5. The highest BCUT2D eigenvalue weighted by molar-refractivity contribution is 6.32. The third-order valence-corrected chi connectivity index (χ3v) is 3.91. The zero-order valence-corrected chi connectivity index (χ0v) is 16.0. The minimum Gasteiger partial charge on any atom is -0.495 e. The number of aryl methyl sites for hydroxylation is 1. The molecule has 6 nitrogen and oxygen atoms in total. The molecule has 0 fully saturated rings. The molecule has 0 aliphatic rings. The van der Waals surface area contributed by atoms with Gasteiger partial charge < -0.3 is 19.5 Å². The second kappa shape index (κ2) is 10.4. The van der Waals surface area contributed by atoms with Gasteiger partial charge in [-0.05, 0) is 43.7 Å². The van der Waals surface area contributed by atoms with Crippen LogP contribution in [0.2, 0.25) is 5.02 Å². The maximum atomic E-state index is 11.8. The molecule has 2 rings (SSSR count). The second-order valence-corrected chi connectivity index (χ2v) is 6.23. The Balaban J connectivity index is 1.63. The van der Waals surface area contributed by atoms with Gasteiger partial charge in [-0.15, -0.1) is 0 Å². The van der Waals surface area contributed by atoms with Crippen LogP contribution in [0.1, 0.15) is 18.4 Å². The summed E-state index contributed by atoms with van der Waals surface area (Å²) < 4.78 is 15.5. The number of hydrogen-bond acceptors (Lipinski definition) is 5. The molecule has 0 aliphatic carbocycles. The van der Waals surface area contributed by atoms with Crippen LogP contribution in [-0.4, -0.2) is 32.2 Å². The smallest absolute Gasteiger partial charge is 0.306 e. The van der Waals surface area contributed by atoms with Crippen molar-refractivity contribution in [3.8, 4) is 11.5 Å². The molecule has 0 unspecified atom stereocenters. The normalized spacial score (nSPS) is 10.2. The number of anilines is 1. The number of benzene rings is 2. The Morgan fingerprint density at radius 1 is 1.11 bits per heavy atom. The number of methoxy groups -OCH3 is 1. The number of esters is 1. The van der Waals surface area contributed by atoms with Gasteiger partial charge in [0.25, 0.3) is 5.91 Å². The van der Waals surface area contributed by atoms with Crippen molar-refractivity contribution in [2.24, 2.45) is 0 Å². The van der Waals surface area contributed by atoms with Crippen molar-refractivity contribution in [1.82, 2.24) is 0 Å². The van der Waals surface area contributed by atoms with Crippen molar-refractivity contribution in [2.45, 2.75) is 19.8 Å². The van der Waals surface area contributed by atoms with Crippen LogP contribution in [0.15, 0.2) is 42.5 Å². The maximum Gasteiger partial charge on any atom is 0.306 e. The van der Waals surface area contributed by atoms with Crippen LogP contribution in [0.5, 0.6) is 11.5 Å². The van der Waals surface area contributed by atoms with E-state index in [2.05, 4.69) is 5.32 Å². The van der Waals surface area contributed by atoms with E-state index < -0.39 is 11.9 Å². The highest BCUT2D eigenvalue weighted by Gasteiger charge is 2.09. The average Bonchev–Trinajstić information content (AvgIpc) is 2.65. The number of ether oxygens (including phenoxy) is 3. The third-order valence-electron chi connectivity index (χ3n) is 3.61. The monoisotopic (exact) mass is 391 g/mol. The summed E-state index contributed by atoms with van der Waals surface area (Å²) in [6.07, 6.45) is 0.677. The van der Waals surface area contributed by atoms with Gasteiger partial charge in [-0.25, -0.2) is 0 Å². The summed E-state index contributed by atoms with van der Waals surface area (Å²) in [5.74, 6) is 0.367. The first kappa shape index (κ1) is 20.6. The topological polar surface area (TPSA) is 73.9 Å². The Hall–Kier alpha value is -2.73. The quantitative estimate of drug-likeness (QED) is 0.516. The first-order chi connectivity index (χ1) is 13.0. The van der Waals surface area contributed by atoms with Crippen LogP contribution in [-0.2, 0) is 14.3 Å². The molecule has 0 saturated heterocycles. The summed E-state index contributed by atoms with van der Waals surface area (Å²) >= 11 is 5.99. The van der Waals surface area contributed by atoms with E-state index in [4.69, 9.17) is 25.8 Å². The van der Waals surface area contributed by atoms with Crippen molar-refractivity contribution in [3.05, 3.63) is 53.1 Å². The lowest BCUT2D eigenvalue weighted by Gasteiger charge is -2.09. The number of hydrogen-bond donors (Lipinski definition) is 1. The Labute approximate surface area is 163 Å². The Morgan fingerprint density at radius 2 is 1.85 bits per heavy atom. The molecule has 1 amide bonds. The molecule has 0 spiro atoms. The van der Waals surface area contributed by atoms with Crippen molar-refractivity contribution < 1.29 is 23.8 Å². The minimum absolute atomic E-state index is 0.174. The van der Waals surface area contributed by atoms with Gasteiger partial charge in [0.2, 0.25) is 0 Å². The first-order valence-corrected chi connectivity index (χ1v) is 8.84. The van der Waals surface area contributed by atoms with Crippen LogP contribution < -0.4 is 14.8 Å². The number of nitrogens with one attached hydrogen (secondary N) is 1. The van der Waals surface area contributed by atoms with Gasteiger partial charge in [0.15, 0.2) is 6.61 Å². The molecule has 1 N–H and O–H groups in total. The molecule has 0 aliphatic heterocycles. The Kier molecular flexibility index (Phi) is 7.95. The van der Waals surface area contributed by atoms with Crippen molar-refractivity contribution in [1.29, 1.82) is 0 Å². The molecule has 2 aromatic rings. The second-order valence-electron chi connectivity index (χ2n) is 5.82. The van der Waals surface area contributed by atoms with E-state index in [-0.39, 0.29) is 13.0 Å². The lowest BCUT2D eigenvalue weighted by atomic mass is 10.2. The number of halogens is 1. The molecule has 27 heavy (non-hydrogen) atoms. The first-order valence-electron chi connectivity index (χ1n) is 8.46. The SMILES string of the molecule is COc1ccc(NC(=O)COC(=O)CCCOc2ccc(C)cc2)cc1Cl. The summed E-state index contributed by atoms with van der Waals surface area (Å²) in [5, 5.41) is 2.98. The Bertz CT molecular complexity index is 776. The fourth-order valence-electron chi connectivity index (χ4n) is 2.20. The number of carbonyl (C=O) groups excluding carboxylic acids is 2. The molecule has 7 heteroatoms. The fourth-order valence-corrected chi connectivity index (χ4v) is 2.46. The van der Waals surface area contributed by atoms with Gasteiger partial charge in [-0.3, -0.25) is 9.59 Å². The summed E-state index contributed by atoms with van der Waals surface area (Å²) in [7, 11) is 1.50. The molecule has 0 heterocycles. The van der Waals surface area contributed by atoms with Gasteiger partial charge >= 0.3 is 5.97 Å². The van der Waals surface area contributed by atoms with E-state index in [1.54, 1.807) is 18.2 Å². The van der Waals surface area contributed by atoms with Crippen molar-refractivity contribution in [3.63, 3.8) is 0 Å². The standard InChI is InChI=1S/C20H22ClNO5/c1-14-5-8-16(9-6-14)26-11-3-4-20(24)27-13-19(23)22-15-7-10-18(25-2)17(21)12-15/h5-10,12H,3-4,11,13H2,1-2H3,(H,22,23). The van der Waals surface area contributed by atoms with E-state index >= 15 is 0 Å². The predicted molar refractivity (Wildman–Crippen MR) is 104 cm³/mol. The van der Waals surface area contributed by atoms with Crippen LogP contribution in [0.3, 0.4) is 0 Å². The van der Waals surface area contributed by atoms with Gasteiger partial charge in [-0.1, -0.05) is 29.3 Å². The van der Waals surface area contributed by atoms with Crippen molar-refractivity contribution >= 4 is 29.2 Å². The number of carbonyl (C=O) groups is 2. The van der Waals surface area contributed by atoms with Crippen LogP contribution in [0.4, 0.5) is 5.69 Å². The van der Waals surface area contributed by atoms with Gasteiger partial charge in [0.05, 0.1) is 18.7 Å². The van der Waals surface area contributed by atoms with Crippen LogP contribution in [0.25, 0.3) is 0 Å². The molecule has 0 atom stereocenters. The maximum absolute atomic E-state index is 11.8. The summed E-state index contributed by atoms with van der Waals surface area (Å²) in [6, 6.07) is 12.5. The van der Waals surface area contributed by atoms with Crippen LogP contribution >= 0.6 is 11.6 Å². The van der Waals surface area contributed by atoms with E-state index in [1.807, 2.05) is 31.2 Å². The van der Waals surface area contributed by atoms with E-state index in [0.29, 0.717) is 29.5 Å². The highest BCUT2D eigenvalue weighted by atomic mass is 35.5. The van der Waals surface area contributed by atoms with E-state index in [9.17, 15) is 9.59 Å². The third kappa shape index (κ3) is 7.19. The van der Waals surface area contributed by atoms with Gasteiger partial charge in [0, 0.05) is 12.1 Å². The zero-order chi connectivity index (χ0) is 19.6. The molecule has 2 aromatic carbocycles. The van der Waals surface area contributed by atoms with Gasteiger partial charge in [0.1, 0.15) is 11.5 Å². The summed E-state index contributed by atoms with van der Waals surface area (Å²) in [5.41, 5.74) is 1.65. The Morgan fingerprint density at radius 3 is 2.52 bits per heavy atom. The lowest BCUT2D eigenvalue weighted by Crippen LogP contribution is -2.21. The molecule has 0 saturated carbocycles. The zero-order valence-electron chi connectivity index (χ0n) is 15.3. The molecular formula is C20H22ClNO5. The van der Waals surface area contributed by atoms with Crippen LogP contribution in [0, 0.1) is 6.92 Å². The highest BCUT2D eigenvalue weighted by Crippen LogP contribution is 2.27. The van der Waals surface area contributed by atoms with Gasteiger partial charge in [-0.2, -0.15) is 0 Å². The molecule has 144 valence electrons. The lowest BCUT2D eigenvalue weighted by molar-refractivity contribution is -0.147. The number of amides is 1. The molecule has 0 radical (unpaired) electrons. The number of rotatable bonds is 9. The predicted octanol–water partition coefficient (Wildman–Crippen LogP) is 4.00. The van der Waals surface area contributed by atoms with E-state index in [1.165, 1.54) is 7.11 Å². The van der Waals surface area contributed by atoms with Crippen molar-refractivity contribution in [2.75, 3.05) is 25.6 Å². The molecular weight excluding hydrogens is 370 g/mol. The molecule has 0 aromatic heterocycles. The average molecular weight is 392 g/mol. The fraction of sp³-hybridized carbons (Fsp3) is 0.300. The minimum atomic E-state index is -0.453. The molecule has 0 bridgehead atoms. The van der Waals surface area contributed by atoms with E-state index in [0.717, 1.165) is 11.3 Å². The largest absolute Gasteiger partial charge is 0.495 e.